The van der Waals surface area contributed by atoms with Crippen LogP contribution < -0.4 is 20.1 Å². The van der Waals surface area contributed by atoms with Crippen LogP contribution >= 0.6 is 12.4 Å². The van der Waals surface area contributed by atoms with Gasteiger partial charge in [0.05, 0.1) is 7.11 Å². The van der Waals surface area contributed by atoms with E-state index in [2.05, 4.69) is 24.1 Å². The van der Waals surface area contributed by atoms with Crippen molar-refractivity contribution in [1.82, 2.24) is 10.6 Å². The number of benzene rings is 1. The first kappa shape index (κ1) is 20.3. The van der Waals surface area contributed by atoms with E-state index < -0.39 is 0 Å². The van der Waals surface area contributed by atoms with Gasteiger partial charge in [0.15, 0.2) is 11.5 Å². The highest BCUT2D eigenvalue weighted by molar-refractivity contribution is 5.94. The third-order valence-electron chi connectivity index (χ3n) is 2.80. The van der Waals surface area contributed by atoms with Gasteiger partial charge >= 0.3 is 0 Å². The second kappa shape index (κ2) is 11.9. The van der Waals surface area contributed by atoms with Gasteiger partial charge in [-0.05, 0) is 31.2 Å². The number of hydrogen-bond donors (Lipinski definition) is 2. The van der Waals surface area contributed by atoms with Crippen molar-refractivity contribution in [3.05, 3.63) is 36.4 Å². The standard InChI is InChI=1S/C16H24N2O3.ClH/c1-4-8-17-9-10-18-16(19)13-6-7-14(21-11-5-2)15(12-13)20-3;/h5-7,12,17H,2,4,8-11H2,1,3H3,(H,18,19);1H. The third kappa shape index (κ3) is 6.83. The predicted molar refractivity (Wildman–Crippen MR) is 91.4 cm³/mol. The van der Waals surface area contributed by atoms with Crippen LogP contribution in [0, 0.1) is 0 Å². The molecule has 1 rings (SSSR count). The van der Waals surface area contributed by atoms with Crippen molar-refractivity contribution in [3.63, 3.8) is 0 Å². The van der Waals surface area contributed by atoms with Gasteiger partial charge in [0.25, 0.3) is 5.91 Å². The fourth-order valence-electron chi connectivity index (χ4n) is 1.75. The van der Waals surface area contributed by atoms with E-state index >= 15 is 0 Å². The molecule has 1 amide bonds. The zero-order chi connectivity index (χ0) is 15.5. The molecule has 6 heteroatoms. The van der Waals surface area contributed by atoms with Crippen molar-refractivity contribution < 1.29 is 14.3 Å². The van der Waals surface area contributed by atoms with Crippen LogP contribution in [0.1, 0.15) is 23.7 Å². The van der Waals surface area contributed by atoms with E-state index in [-0.39, 0.29) is 18.3 Å². The summed E-state index contributed by atoms with van der Waals surface area (Å²) in [5, 5.41) is 6.09. The molecule has 0 aromatic heterocycles. The van der Waals surface area contributed by atoms with Crippen LogP contribution in [-0.2, 0) is 0 Å². The lowest BCUT2D eigenvalue weighted by Crippen LogP contribution is -2.32. The molecule has 0 atom stereocenters. The van der Waals surface area contributed by atoms with Gasteiger partial charge in [-0.2, -0.15) is 0 Å². The molecule has 0 unspecified atom stereocenters. The monoisotopic (exact) mass is 328 g/mol. The Morgan fingerprint density at radius 3 is 2.68 bits per heavy atom. The molecule has 0 spiro atoms. The average molecular weight is 329 g/mol. The van der Waals surface area contributed by atoms with Gasteiger partial charge in [-0.25, -0.2) is 0 Å². The Bertz CT molecular complexity index is 467. The van der Waals surface area contributed by atoms with Crippen LogP contribution in [0.25, 0.3) is 0 Å². The Morgan fingerprint density at radius 1 is 1.27 bits per heavy atom. The highest BCUT2D eigenvalue weighted by Gasteiger charge is 2.10. The summed E-state index contributed by atoms with van der Waals surface area (Å²) in [7, 11) is 1.55. The third-order valence-corrected chi connectivity index (χ3v) is 2.80. The van der Waals surface area contributed by atoms with Crippen LogP contribution in [0.3, 0.4) is 0 Å². The molecule has 0 aliphatic heterocycles. The van der Waals surface area contributed by atoms with Gasteiger partial charge in [0.1, 0.15) is 6.61 Å². The molecule has 124 valence electrons. The second-order valence-electron chi connectivity index (χ2n) is 4.47. The number of hydrogen-bond acceptors (Lipinski definition) is 4. The van der Waals surface area contributed by atoms with E-state index in [9.17, 15) is 4.79 Å². The summed E-state index contributed by atoms with van der Waals surface area (Å²) in [5.74, 6) is 1.01. The molecule has 0 aliphatic rings. The molecule has 5 nitrogen and oxygen atoms in total. The number of amides is 1. The Labute approximate surface area is 138 Å². The summed E-state index contributed by atoms with van der Waals surface area (Å²) in [4.78, 5) is 12.0. The summed E-state index contributed by atoms with van der Waals surface area (Å²) in [5.41, 5.74) is 0.549. The fraction of sp³-hybridized carbons (Fsp3) is 0.438. The predicted octanol–water partition coefficient (Wildman–Crippen LogP) is 2.41. The highest BCUT2D eigenvalue weighted by atomic mass is 35.5. The van der Waals surface area contributed by atoms with Crippen LogP contribution in [-0.4, -0.2) is 39.3 Å². The first-order valence-corrected chi connectivity index (χ1v) is 7.13. The number of methoxy groups -OCH3 is 1. The second-order valence-corrected chi connectivity index (χ2v) is 4.47. The van der Waals surface area contributed by atoms with Gasteiger partial charge in [-0.15, -0.1) is 12.4 Å². The SMILES string of the molecule is C=CCOc1ccc(C(=O)NCCNCCC)cc1OC.Cl. The molecule has 22 heavy (non-hydrogen) atoms. The molecular formula is C16H25ClN2O3. The van der Waals surface area contributed by atoms with Gasteiger partial charge in [0, 0.05) is 18.7 Å². The maximum Gasteiger partial charge on any atom is 0.251 e. The van der Waals surface area contributed by atoms with E-state index in [0.717, 1.165) is 19.5 Å². The van der Waals surface area contributed by atoms with E-state index in [1.807, 2.05) is 0 Å². The zero-order valence-electron chi connectivity index (χ0n) is 13.2. The Balaban J connectivity index is 0.00000441. The summed E-state index contributed by atoms with van der Waals surface area (Å²) in [6.45, 7) is 8.41. The minimum Gasteiger partial charge on any atom is -0.493 e. The van der Waals surface area contributed by atoms with E-state index in [0.29, 0.717) is 30.2 Å². The summed E-state index contributed by atoms with van der Waals surface area (Å²) >= 11 is 0. The summed E-state index contributed by atoms with van der Waals surface area (Å²) < 4.78 is 10.7. The molecule has 0 saturated carbocycles. The lowest BCUT2D eigenvalue weighted by atomic mass is 10.2. The van der Waals surface area contributed by atoms with Crippen molar-refractivity contribution in [1.29, 1.82) is 0 Å². The average Bonchev–Trinajstić information content (AvgIpc) is 2.52. The number of nitrogens with one attached hydrogen (secondary N) is 2. The number of carbonyl (C=O) groups is 1. The van der Waals surface area contributed by atoms with Crippen molar-refractivity contribution in [2.24, 2.45) is 0 Å². The van der Waals surface area contributed by atoms with E-state index in [4.69, 9.17) is 9.47 Å². The molecule has 0 fully saturated rings. The van der Waals surface area contributed by atoms with Crippen LogP contribution in [0.2, 0.25) is 0 Å². The maximum atomic E-state index is 12.0. The van der Waals surface area contributed by atoms with Crippen LogP contribution in [0.5, 0.6) is 11.5 Å². The molecule has 0 saturated heterocycles. The number of ether oxygens (including phenoxy) is 2. The van der Waals surface area contributed by atoms with Crippen LogP contribution in [0.15, 0.2) is 30.9 Å². The molecular weight excluding hydrogens is 304 g/mol. The normalized spacial score (nSPS) is 9.55. The topological polar surface area (TPSA) is 59.6 Å². The van der Waals surface area contributed by atoms with Crippen molar-refractivity contribution in [3.8, 4) is 11.5 Å². The minimum absolute atomic E-state index is 0. The molecule has 0 aliphatic carbocycles. The quantitative estimate of drug-likeness (QED) is 0.511. The lowest BCUT2D eigenvalue weighted by Gasteiger charge is -2.11. The van der Waals surface area contributed by atoms with E-state index in [1.165, 1.54) is 0 Å². The first-order chi connectivity index (χ1) is 10.2. The van der Waals surface area contributed by atoms with Crippen molar-refractivity contribution in [2.75, 3.05) is 33.4 Å². The van der Waals surface area contributed by atoms with Gasteiger partial charge in [0.2, 0.25) is 0 Å². The number of carbonyl (C=O) groups excluding carboxylic acids is 1. The molecule has 0 heterocycles. The lowest BCUT2D eigenvalue weighted by molar-refractivity contribution is 0.0953. The largest absolute Gasteiger partial charge is 0.493 e. The molecule has 1 aromatic carbocycles. The molecule has 1 aromatic rings. The Morgan fingerprint density at radius 2 is 2.05 bits per heavy atom. The molecule has 2 N–H and O–H groups in total. The van der Waals surface area contributed by atoms with Crippen molar-refractivity contribution in [2.45, 2.75) is 13.3 Å². The first-order valence-electron chi connectivity index (χ1n) is 7.13. The number of rotatable bonds is 10. The zero-order valence-corrected chi connectivity index (χ0v) is 14.0. The minimum atomic E-state index is -0.123. The summed E-state index contributed by atoms with van der Waals surface area (Å²) in [6.07, 6.45) is 2.74. The maximum absolute atomic E-state index is 12.0. The van der Waals surface area contributed by atoms with Gasteiger partial charge < -0.3 is 20.1 Å². The molecule has 0 radical (unpaired) electrons. The van der Waals surface area contributed by atoms with Gasteiger partial charge in [-0.3, -0.25) is 4.79 Å². The van der Waals surface area contributed by atoms with Crippen molar-refractivity contribution >= 4 is 18.3 Å². The highest BCUT2D eigenvalue weighted by Crippen LogP contribution is 2.27. The van der Waals surface area contributed by atoms with E-state index in [1.54, 1.807) is 31.4 Å². The Hall–Kier alpha value is -1.72. The number of halogens is 1. The smallest absolute Gasteiger partial charge is 0.251 e. The summed E-state index contributed by atoms with van der Waals surface area (Å²) in [6, 6.07) is 5.12. The van der Waals surface area contributed by atoms with Crippen LogP contribution in [0.4, 0.5) is 0 Å². The fourth-order valence-corrected chi connectivity index (χ4v) is 1.75. The van der Waals surface area contributed by atoms with Gasteiger partial charge in [-0.1, -0.05) is 19.6 Å². The molecule has 0 bridgehead atoms. The Kier molecular flexibility index (Phi) is 11.0.